The van der Waals surface area contributed by atoms with Gasteiger partial charge in [0.1, 0.15) is 5.69 Å². The summed E-state index contributed by atoms with van der Waals surface area (Å²) in [5, 5.41) is 13.5. The minimum Gasteiger partial charge on any atom is -0.347 e. The summed E-state index contributed by atoms with van der Waals surface area (Å²) >= 11 is 1.54. The van der Waals surface area contributed by atoms with Gasteiger partial charge in [0.05, 0.1) is 0 Å². The molecule has 0 unspecified atom stereocenters. The number of hydrogen-bond donors (Lipinski definition) is 1. The molecule has 0 atom stereocenters. The summed E-state index contributed by atoms with van der Waals surface area (Å²) in [6.45, 7) is 8.16. The summed E-state index contributed by atoms with van der Waals surface area (Å²) in [6.07, 6.45) is 6.82. The monoisotopic (exact) mass is 409 g/mol. The molecular weight excluding hydrogens is 382 g/mol. The van der Waals surface area contributed by atoms with E-state index in [1.807, 2.05) is 36.7 Å². The molecule has 1 aliphatic rings. The fourth-order valence-electron chi connectivity index (χ4n) is 3.98. The maximum Gasteiger partial charge on any atom is 0.272 e. The van der Waals surface area contributed by atoms with Gasteiger partial charge in [-0.2, -0.15) is 0 Å². The summed E-state index contributed by atoms with van der Waals surface area (Å²) in [7, 11) is 0. The number of nitrogens with one attached hydrogen (secondary N) is 1. The van der Waals surface area contributed by atoms with E-state index in [0.717, 1.165) is 40.2 Å². The predicted molar refractivity (Wildman–Crippen MR) is 119 cm³/mol. The average Bonchev–Trinajstić information content (AvgIpc) is 3.28. The molecule has 1 aromatic carbocycles. The molecule has 1 amide bonds. The SMILES string of the molecule is Cc1cc(C)c(NC(=O)c2cccn2-c2nnc(N3CCCCCC3)s2)c(C)c1. The van der Waals surface area contributed by atoms with E-state index in [-0.39, 0.29) is 5.91 Å². The van der Waals surface area contributed by atoms with Crippen LogP contribution in [0.5, 0.6) is 0 Å². The summed E-state index contributed by atoms with van der Waals surface area (Å²) < 4.78 is 1.83. The predicted octanol–water partition coefficient (Wildman–Crippen LogP) is 4.89. The van der Waals surface area contributed by atoms with Crippen molar-refractivity contribution in [2.24, 2.45) is 0 Å². The zero-order valence-electron chi connectivity index (χ0n) is 17.2. The van der Waals surface area contributed by atoms with E-state index in [1.165, 1.54) is 42.6 Å². The van der Waals surface area contributed by atoms with Crippen molar-refractivity contribution >= 4 is 28.1 Å². The fourth-order valence-corrected chi connectivity index (χ4v) is 4.88. The van der Waals surface area contributed by atoms with Crippen molar-refractivity contribution in [2.45, 2.75) is 46.5 Å². The van der Waals surface area contributed by atoms with Gasteiger partial charge in [-0.05, 0) is 56.9 Å². The largest absolute Gasteiger partial charge is 0.347 e. The number of aromatic nitrogens is 3. The molecule has 1 saturated heterocycles. The molecule has 7 heteroatoms. The Morgan fingerprint density at radius 2 is 1.66 bits per heavy atom. The number of anilines is 2. The zero-order valence-corrected chi connectivity index (χ0v) is 18.1. The van der Waals surface area contributed by atoms with Gasteiger partial charge in [-0.1, -0.05) is 41.9 Å². The van der Waals surface area contributed by atoms with Crippen LogP contribution in [-0.4, -0.2) is 33.8 Å². The van der Waals surface area contributed by atoms with E-state index in [4.69, 9.17) is 0 Å². The first-order valence-corrected chi connectivity index (χ1v) is 11.0. The van der Waals surface area contributed by atoms with Gasteiger partial charge in [0, 0.05) is 25.0 Å². The van der Waals surface area contributed by atoms with Crippen molar-refractivity contribution in [2.75, 3.05) is 23.3 Å². The minimum atomic E-state index is -0.142. The molecule has 1 N–H and O–H groups in total. The van der Waals surface area contributed by atoms with Crippen LogP contribution in [-0.2, 0) is 0 Å². The van der Waals surface area contributed by atoms with Crippen LogP contribution in [0.4, 0.5) is 10.8 Å². The maximum absolute atomic E-state index is 13.0. The van der Waals surface area contributed by atoms with E-state index >= 15 is 0 Å². The molecule has 6 nitrogen and oxygen atoms in total. The Balaban J connectivity index is 1.57. The average molecular weight is 410 g/mol. The molecule has 3 heterocycles. The van der Waals surface area contributed by atoms with E-state index in [0.29, 0.717) is 5.69 Å². The number of benzene rings is 1. The van der Waals surface area contributed by atoms with Crippen LogP contribution in [0.2, 0.25) is 0 Å². The van der Waals surface area contributed by atoms with Gasteiger partial charge >= 0.3 is 0 Å². The Morgan fingerprint density at radius 3 is 2.34 bits per heavy atom. The van der Waals surface area contributed by atoms with Gasteiger partial charge < -0.3 is 10.2 Å². The second kappa shape index (κ2) is 8.37. The van der Waals surface area contributed by atoms with Crippen molar-refractivity contribution in [3.05, 3.63) is 52.8 Å². The van der Waals surface area contributed by atoms with Gasteiger partial charge in [-0.25, -0.2) is 0 Å². The zero-order chi connectivity index (χ0) is 20.4. The molecule has 4 rings (SSSR count). The van der Waals surface area contributed by atoms with Gasteiger partial charge in [-0.3, -0.25) is 9.36 Å². The third-order valence-corrected chi connectivity index (χ3v) is 6.37. The van der Waals surface area contributed by atoms with Crippen molar-refractivity contribution < 1.29 is 4.79 Å². The molecule has 0 spiro atoms. The Kier molecular flexibility index (Phi) is 5.67. The van der Waals surface area contributed by atoms with Gasteiger partial charge in [0.25, 0.3) is 5.91 Å². The van der Waals surface area contributed by atoms with E-state index in [1.54, 1.807) is 0 Å². The highest BCUT2D eigenvalue weighted by Crippen LogP contribution is 2.27. The lowest BCUT2D eigenvalue weighted by molar-refractivity contribution is 0.102. The second-order valence-electron chi connectivity index (χ2n) is 7.76. The topological polar surface area (TPSA) is 63.1 Å². The molecule has 0 bridgehead atoms. The first-order valence-electron chi connectivity index (χ1n) is 10.2. The highest BCUT2D eigenvalue weighted by molar-refractivity contribution is 7.17. The van der Waals surface area contributed by atoms with E-state index < -0.39 is 0 Å². The van der Waals surface area contributed by atoms with Crippen molar-refractivity contribution in [3.63, 3.8) is 0 Å². The van der Waals surface area contributed by atoms with Gasteiger partial charge in [0.15, 0.2) is 0 Å². The standard InChI is InChI=1S/C22H27N5OS/c1-15-13-16(2)19(17(3)14-15)23-20(28)18-9-8-12-27(18)22-25-24-21(29-22)26-10-6-4-5-7-11-26/h8-9,12-14H,4-7,10-11H2,1-3H3,(H,23,28). The number of nitrogens with zero attached hydrogens (tertiary/aromatic N) is 4. The molecule has 152 valence electrons. The highest BCUT2D eigenvalue weighted by Gasteiger charge is 2.19. The molecule has 29 heavy (non-hydrogen) atoms. The smallest absolute Gasteiger partial charge is 0.272 e. The first kappa shape index (κ1) is 19.6. The van der Waals surface area contributed by atoms with Crippen LogP contribution in [0.3, 0.4) is 0 Å². The Hall–Kier alpha value is -2.67. The van der Waals surface area contributed by atoms with Crippen LogP contribution in [0.1, 0.15) is 52.9 Å². The lowest BCUT2D eigenvalue weighted by Gasteiger charge is -2.17. The summed E-state index contributed by atoms with van der Waals surface area (Å²) in [5.41, 5.74) is 4.75. The number of carbonyl (C=O) groups excluding carboxylic acids is 1. The summed E-state index contributed by atoms with van der Waals surface area (Å²) in [4.78, 5) is 15.3. The van der Waals surface area contributed by atoms with E-state index in [9.17, 15) is 4.79 Å². The third kappa shape index (κ3) is 4.19. The second-order valence-corrected chi connectivity index (χ2v) is 8.69. The first-order chi connectivity index (χ1) is 14.0. The fraction of sp³-hybridized carbons (Fsp3) is 0.409. The van der Waals surface area contributed by atoms with Crippen LogP contribution >= 0.6 is 11.3 Å². The van der Waals surface area contributed by atoms with Crippen molar-refractivity contribution in [1.29, 1.82) is 0 Å². The van der Waals surface area contributed by atoms with Crippen LogP contribution < -0.4 is 10.2 Å². The molecule has 1 fully saturated rings. The number of amides is 1. The number of rotatable bonds is 4. The lowest BCUT2D eigenvalue weighted by atomic mass is 10.1. The third-order valence-electron chi connectivity index (χ3n) is 5.38. The number of carbonyl (C=O) groups is 1. The lowest BCUT2D eigenvalue weighted by Crippen LogP contribution is -2.23. The van der Waals surface area contributed by atoms with Crippen LogP contribution in [0.15, 0.2) is 30.5 Å². The van der Waals surface area contributed by atoms with Crippen LogP contribution in [0, 0.1) is 20.8 Å². The van der Waals surface area contributed by atoms with Crippen molar-refractivity contribution in [3.8, 4) is 5.13 Å². The molecule has 1 aliphatic heterocycles. The molecule has 3 aromatic rings. The quantitative estimate of drug-likeness (QED) is 0.667. The molecule has 2 aromatic heterocycles. The molecule has 0 radical (unpaired) electrons. The Labute approximate surface area is 175 Å². The van der Waals surface area contributed by atoms with E-state index in [2.05, 4.69) is 39.5 Å². The number of aryl methyl sites for hydroxylation is 3. The Morgan fingerprint density at radius 1 is 1.00 bits per heavy atom. The van der Waals surface area contributed by atoms with Gasteiger partial charge in [0.2, 0.25) is 10.3 Å². The number of hydrogen-bond acceptors (Lipinski definition) is 5. The Bertz CT molecular complexity index is 991. The van der Waals surface area contributed by atoms with Gasteiger partial charge in [-0.15, -0.1) is 10.2 Å². The molecule has 0 aliphatic carbocycles. The van der Waals surface area contributed by atoms with Crippen LogP contribution in [0.25, 0.3) is 5.13 Å². The normalized spacial score (nSPS) is 14.7. The highest BCUT2D eigenvalue weighted by atomic mass is 32.1. The molecular formula is C22H27N5OS. The molecule has 0 saturated carbocycles. The summed E-state index contributed by atoms with van der Waals surface area (Å²) in [6, 6.07) is 7.86. The van der Waals surface area contributed by atoms with Crippen molar-refractivity contribution in [1.82, 2.24) is 14.8 Å². The minimum absolute atomic E-state index is 0.142. The maximum atomic E-state index is 13.0. The summed E-state index contributed by atoms with van der Waals surface area (Å²) in [5.74, 6) is -0.142.